The molecular formula is C18H28N2O3. The van der Waals surface area contributed by atoms with Gasteiger partial charge in [0.15, 0.2) is 0 Å². The predicted molar refractivity (Wildman–Crippen MR) is 91.0 cm³/mol. The van der Waals surface area contributed by atoms with Gasteiger partial charge in [-0.1, -0.05) is 6.07 Å². The van der Waals surface area contributed by atoms with E-state index in [0.29, 0.717) is 26.2 Å². The van der Waals surface area contributed by atoms with Crippen LogP contribution >= 0.6 is 0 Å². The molecule has 1 unspecified atom stereocenters. The lowest BCUT2D eigenvalue weighted by molar-refractivity contribution is -0.124. The van der Waals surface area contributed by atoms with Crippen molar-refractivity contribution in [1.29, 1.82) is 0 Å². The molecule has 1 saturated heterocycles. The summed E-state index contributed by atoms with van der Waals surface area (Å²) in [6.45, 7) is 9.77. The first-order chi connectivity index (χ1) is 11.1. The minimum Gasteiger partial charge on any atom is -0.493 e. The molecule has 2 N–H and O–H groups in total. The summed E-state index contributed by atoms with van der Waals surface area (Å²) >= 11 is 0. The van der Waals surface area contributed by atoms with Gasteiger partial charge in [-0.25, -0.2) is 0 Å². The van der Waals surface area contributed by atoms with E-state index in [1.165, 1.54) is 16.7 Å². The van der Waals surface area contributed by atoms with Gasteiger partial charge in [0.2, 0.25) is 5.91 Å². The van der Waals surface area contributed by atoms with Gasteiger partial charge in [0.1, 0.15) is 5.75 Å². The first-order valence-corrected chi connectivity index (χ1v) is 8.36. The number of benzene rings is 1. The maximum absolute atomic E-state index is 11.8. The minimum absolute atomic E-state index is 0.00193. The smallest absolute Gasteiger partial charge is 0.222 e. The zero-order chi connectivity index (χ0) is 16.7. The van der Waals surface area contributed by atoms with E-state index in [9.17, 15) is 4.79 Å². The molecule has 1 aliphatic rings. The molecule has 128 valence electrons. The number of nitrogens with one attached hydrogen (secondary N) is 2. The lowest BCUT2D eigenvalue weighted by atomic mass is 10.1. The normalized spacial score (nSPS) is 17.8. The number of aryl methyl sites for hydroxylation is 2. The van der Waals surface area contributed by atoms with Crippen LogP contribution in [-0.2, 0) is 9.53 Å². The molecular weight excluding hydrogens is 292 g/mol. The summed E-state index contributed by atoms with van der Waals surface area (Å²) < 4.78 is 11.4. The first-order valence-electron chi connectivity index (χ1n) is 8.36. The maximum Gasteiger partial charge on any atom is 0.222 e. The second kappa shape index (κ2) is 8.89. The van der Waals surface area contributed by atoms with Gasteiger partial charge < -0.3 is 20.1 Å². The van der Waals surface area contributed by atoms with E-state index >= 15 is 0 Å². The minimum atomic E-state index is -0.00193. The Kier molecular flexibility index (Phi) is 6.86. The number of carbonyl (C=O) groups is 1. The van der Waals surface area contributed by atoms with Crippen LogP contribution in [0.15, 0.2) is 12.1 Å². The van der Waals surface area contributed by atoms with E-state index in [-0.39, 0.29) is 12.0 Å². The van der Waals surface area contributed by atoms with Crippen LogP contribution < -0.4 is 15.4 Å². The quantitative estimate of drug-likeness (QED) is 0.753. The number of ether oxygens (including phenoxy) is 2. The molecule has 1 atom stereocenters. The third-order valence-corrected chi connectivity index (χ3v) is 4.08. The zero-order valence-electron chi connectivity index (χ0n) is 14.4. The molecule has 5 heteroatoms. The lowest BCUT2D eigenvalue weighted by Crippen LogP contribution is -2.41. The topological polar surface area (TPSA) is 59.6 Å². The van der Waals surface area contributed by atoms with Crippen LogP contribution in [0.25, 0.3) is 0 Å². The zero-order valence-corrected chi connectivity index (χ0v) is 14.4. The second-order valence-corrected chi connectivity index (χ2v) is 6.16. The van der Waals surface area contributed by atoms with Gasteiger partial charge >= 0.3 is 0 Å². The fourth-order valence-electron chi connectivity index (χ4n) is 2.66. The summed E-state index contributed by atoms with van der Waals surface area (Å²) in [6, 6.07) is 4.22. The van der Waals surface area contributed by atoms with Crippen molar-refractivity contribution in [3.8, 4) is 5.75 Å². The number of hydrogen-bond donors (Lipinski definition) is 2. The summed E-state index contributed by atoms with van der Waals surface area (Å²) in [7, 11) is 0. The van der Waals surface area contributed by atoms with E-state index in [1.54, 1.807) is 0 Å². The van der Waals surface area contributed by atoms with Crippen molar-refractivity contribution in [2.24, 2.45) is 0 Å². The van der Waals surface area contributed by atoms with Crippen molar-refractivity contribution in [2.45, 2.75) is 39.7 Å². The molecule has 0 bridgehead atoms. The molecule has 0 saturated carbocycles. The molecule has 1 heterocycles. The third kappa shape index (κ3) is 5.84. The van der Waals surface area contributed by atoms with Gasteiger partial charge in [0.05, 0.1) is 25.7 Å². The Morgan fingerprint density at radius 2 is 2.22 bits per heavy atom. The Balaban J connectivity index is 1.63. The predicted octanol–water partition coefficient (Wildman–Crippen LogP) is 1.88. The Labute approximate surface area is 138 Å². The van der Waals surface area contributed by atoms with E-state index in [0.717, 1.165) is 25.3 Å². The van der Waals surface area contributed by atoms with Crippen LogP contribution in [0.1, 0.15) is 29.5 Å². The maximum atomic E-state index is 11.8. The van der Waals surface area contributed by atoms with E-state index in [4.69, 9.17) is 9.47 Å². The van der Waals surface area contributed by atoms with Crippen molar-refractivity contribution in [2.75, 3.05) is 32.8 Å². The van der Waals surface area contributed by atoms with Crippen LogP contribution in [0.4, 0.5) is 0 Å². The highest BCUT2D eigenvalue weighted by molar-refractivity contribution is 5.76. The third-order valence-electron chi connectivity index (χ3n) is 4.08. The SMILES string of the molecule is Cc1cc(C)c(C)c(OCCCNC(=O)CC2CNCCO2)c1. The van der Waals surface area contributed by atoms with Crippen LogP contribution in [0.3, 0.4) is 0 Å². The number of amides is 1. The van der Waals surface area contributed by atoms with E-state index in [1.807, 2.05) is 0 Å². The van der Waals surface area contributed by atoms with Gasteiger partial charge in [0.25, 0.3) is 0 Å². The molecule has 0 radical (unpaired) electrons. The Morgan fingerprint density at radius 3 is 2.96 bits per heavy atom. The second-order valence-electron chi connectivity index (χ2n) is 6.16. The molecule has 1 aromatic carbocycles. The average molecular weight is 320 g/mol. The van der Waals surface area contributed by atoms with E-state index in [2.05, 4.69) is 43.5 Å². The highest BCUT2D eigenvalue weighted by Gasteiger charge is 2.16. The van der Waals surface area contributed by atoms with Gasteiger partial charge in [-0.15, -0.1) is 0 Å². The van der Waals surface area contributed by atoms with Gasteiger partial charge in [-0.2, -0.15) is 0 Å². The van der Waals surface area contributed by atoms with Crippen LogP contribution in [-0.4, -0.2) is 44.9 Å². The number of carbonyl (C=O) groups excluding carboxylic acids is 1. The molecule has 2 rings (SSSR count). The summed E-state index contributed by atoms with van der Waals surface area (Å²) in [5.41, 5.74) is 3.63. The van der Waals surface area contributed by atoms with Crippen LogP contribution in [0.5, 0.6) is 5.75 Å². The molecule has 0 spiro atoms. The fraction of sp³-hybridized carbons (Fsp3) is 0.611. The van der Waals surface area contributed by atoms with E-state index < -0.39 is 0 Å². The fourth-order valence-corrected chi connectivity index (χ4v) is 2.66. The molecule has 0 aliphatic carbocycles. The standard InChI is InChI=1S/C18H28N2O3/c1-13-9-14(2)15(3)17(10-13)23-7-4-5-20-18(21)11-16-12-19-6-8-22-16/h9-10,16,19H,4-8,11-12H2,1-3H3,(H,20,21). The van der Waals surface area contributed by atoms with Crippen molar-refractivity contribution >= 4 is 5.91 Å². The molecule has 1 fully saturated rings. The van der Waals surface area contributed by atoms with Crippen LogP contribution in [0, 0.1) is 20.8 Å². The summed E-state index contributed by atoms with van der Waals surface area (Å²) in [4.78, 5) is 11.8. The van der Waals surface area contributed by atoms with Crippen molar-refractivity contribution in [1.82, 2.24) is 10.6 Å². The molecule has 0 aromatic heterocycles. The van der Waals surface area contributed by atoms with Gasteiger partial charge in [0, 0.05) is 19.6 Å². The largest absolute Gasteiger partial charge is 0.493 e. The molecule has 1 aromatic rings. The first kappa shape index (κ1) is 17.8. The highest BCUT2D eigenvalue weighted by Crippen LogP contribution is 2.23. The number of morpholine rings is 1. The van der Waals surface area contributed by atoms with Gasteiger partial charge in [-0.3, -0.25) is 4.79 Å². The van der Waals surface area contributed by atoms with Crippen molar-refractivity contribution < 1.29 is 14.3 Å². The lowest BCUT2D eigenvalue weighted by Gasteiger charge is -2.23. The monoisotopic (exact) mass is 320 g/mol. The summed E-state index contributed by atoms with van der Waals surface area (Å²) in [5.74, 6) is 0.983. The van der Waals surface area contributed by atoms with Crippen molar-refractivity contribution in [3.63, 3.8) is 0 Å². The molecule has 1 amide bonds. The van der Waals surface area contributed by atoms with Gasteiger partial charge in [-0.05, 0) is 49.9 Å². The van der Waals surface area contributed by atoms with Crippen LogP contribution in [0.2, 0.25) is 0 Å². The number of hydrogen-bond acceptors (Lipinski definition) is 4. The molecule has 1 aliphatic heterocycles. The highest BCUT2D eigenvalue weighted by atomic mass is 16.5. The van der Waals surface area contributed by atoms with Crippen molar-refractivity contribution in [3.05, 3.63) is 28.8 Å². The molecule has 5 nitrogen and oxygen atoms in total. The Morgan fingerprint density at radius 1 is 1.39 bits per heavy atom. The Hall–Kier alpha value is -1.59. The Bertz CT molecular complexity index is 525. The molecule has 23 heavy (non-hydrogen) atoms. The summed E-state index contributed by atoms with van der Waals surface area (Å²) in [5, 5.41) is 6.15. The average Bonchev–Trinajstić information content (AvgIpc) is 2.52. The summed E-state index contributed by atoms with van der Waals surface area (Å²) in [6.07, 6.45) is 1.21. The number of rotatable bonds is 7.